The number of carbonyl (C=O) groups excluding carboxylic acids is 1. The summed E-state index contributed by atoms with van der Waals surface area (Å²) in [6.45, 7) is 0.475. The Hall–Kier alpha value is -1.13. The molecule has 1 fully saturated rings. The largest absolute Gasteiger partial charge is 0.392 e. The fourth-order valence-corrected chi connectivity index (χ4v) is 3.53. The van der Waals surface area contributed by atoms with Crippen molar-refractivity contribution >= 4 is 34.7 Å². The molecule has 2 N–H and O–H groups in total. The van der Waals surface area contributed by atoms with E-state index in [1.807, 2.05) is 24.3 Å². The van der Waals surface area contributed by atoms with Crippen molar-refractivity contribution in [3.05, 3.63) is 34.9 Å². The average molecular weight is 325 g/mol. The molecule has 1 aromatic rings. The Kier molecular flexibility index (Phi) is 5.22. The van der Waals surface area contributed by atoms with Crippen molar-refractivity contribution in [3.63, 3.8) is 0 Å². The van der Waals surface area contributed by atoms with Gasteiger partial charge in [0.25, 0.3) is 0 Å². The number of benzene rings is 1. The van der Waals surface area contributed by atoms with Gasteiger partial charge in [-0.25, -0.2) is 0 Å². The fraction of sp³-hybridized carbons (Fsp3) is 0.500. The van der Waals surface area contributed by atoms with Crippen molar-refractivity contribution in [2.45, 2.75) is 38.6 Å². The van der Waals surface area contributed by atoms with Gasteiger partial charge in [0.2, 0.25) is 5.91 Å². The maximum Gasteiger partial charge on any atom is 0.235 e. The molecular formula is C16H21ClN2OS. The zero-order chi connectivity index (χ0) is 15.5. The first-order valence-electron chi connectivity index (χ1n) is 7.26. The first-order valence-corrected chi connectivity index (χ1v) is 8.05. The summed E-state index contributed by atoms with van der Waals surface area (Å²) >= 11 is 11.4. The van der Waals surface area contributed by atoms with Gasteiger partial charge < -0.3 is 10.6 Å². The highest BCUT2D eigenvalue weighted by molar-refractivity contribution is 7.80. The number of hydrogen-bond acceptors (Lipinski definition) is 2. The van der Waals surface area contributed by atoms with Crippen LogP contribution in [-0.2, 0) is 11.3 Å². The molecule has 0 atom stereocenters. The summed E-state index contributed by atoms with van der Waals surface area (Å²) in [5.74, 6) is 0.0228. The van der Waals surface area contributed by atoms with Crippen LogP contribution in [0.15, 0.2) is 24.3 Å². The second-order valence-electron chi connectivity index (χ2n) is 5.76. The molecule has 1 amide bonds. The first-order chi connectivity index (χ1) is 9.97. The smallest absolute Gasteiger partial charge is 0.235 e. The van der Waals surface area contributed by atoms with Crippen LogP contribution in [0.3, 0.4) is 0 Å². The lowest BCUT2D eigenvalue weighted by molar-refractivity contribution is -0.138. The lowest BCUT2D eigenvalue weighted by Crippen LogP contribution is -2.50. The zero-order valence-corrected chi connectivity index (χ0v) is 13.8. The van der Waals surface area contributed by atoms with Crippen LogP contribution in [0.2, 0.25) is 5.02 Å². The van der Waals surface area contributed by atoms with E-state index in [4.69, 9.17) is 29.6 Å². The van der Waals surface area contributed by atoms with Gasteiger partial charge >= 0.3 is 0 Å². The molecule has 2 rings (SSSR count). The molecule has 1 aliphatic carbocycles. The van der Waals surface area contributed by atoms with Crippen molar-refractivity contribution in [1.82, 2.24) is 4.90 Å². The Morgan fingerprint density at radius 1 is 1.33 bits per heavy atom. The van der Waals surface area contributed by atoms with Gasteiger partial charge in [-0.15, -0.1) is 0 Å². The third-order valence-electron chi connectivity index (χ3n) is 4.30. The molecule has 0 bridgehead atoms. The Bertz CT molecular complexity index is 541. The third-order valence-corrected chi connectivity index (χ3v) is 5.06. The third kappa shape index (κ3) is 3.38. The second-order valence-corrected chi connectivity index (χ2v) is 6.61. The van der Waals surface area contributed by atoms with Crippen molar-refractivity contribution in [2.24, 2.45) is 11.1 Å². The lowest BCUT2D eigenvalue weighted by Gasteiger charge is -2.38. The highest BCUT2D eigenvalue weighted by Gasteiger charge is 2.43. The maximum atomic E-state index is 12.9. The monoisotopic (exact) mass is 324 g/mol. The molecule has 1 aromatic carbocycles. The molecule has 0 unspecified atom stereocenters. The highest BCUT2D eigenvalue weighted by Crippen LogP contribution is 2.38. The van der Waals surface area contributed by atoms with Crippen LogP contribution in [0.25, 0.3) is 0 Å². The summed E-state index contributed by atoms with van der Waals surface area (Å²) in [7, 11) is 1.79. The zero-order valence-electron chi connectivity index (χ0n) is 12.3. The van der Waals surface area contributed by atoms with E-state index in [2.05, 4.69) is 0 Å². The van der Waals surface area contributed by atoms with E-state index in [0.29, 0.717) is 16.6 Å². The fourth-order valence-electron chi connectivity index (χ4n) is 3.04. The number of nitrogens with zero attached hydrogens (tertiary/aromatic N) is 1. The van der Waals surface area contributed by atoms with Gasteiger partial charge in [0.15, 0.2) is 0 Å². The Labute approximate surface area is 136 Å². The minimum absolute atomic E-state index is 0.0228. The second kappa shape index (κ2) is 6.75. The van der Waals surface area contributed by atoms with Crippen LogP contribution in [0.4, 0.5) is 0 Å². The predicted molar refractivity (Wildman–Crippen MR) is 90.2 cm³/mol. The summed E-state index contributed by atoms with van der Waals surface area (Å²) in [4.78, 5) is 14.9. The van der Waals surface area contributed by atoms with Crippen LogP contribution in [0.1, 0.15) is 37.7 Å². The van der Waals surface area contributed by atoms with Crippen molar-refractivity contribution in [2.75, 3.05) is 7.05 Å². The van der Waals surface area contributed by atoms with Crippen LogP contribution >= 0.6 is 23.8 Å². The SMILES string of the molecule is CN(Cc1ccccc1Cl)C(=O)C1(C(N)=S)CCCCC1. The highest BCUT2D eigenvalue weighted by atomic mass is 35.5. The summed E-state index contributed by atoms with van der Waals surface area (Å²) in [6.07, 6.45) is 4.67. The quantitative estimate of drug-likeness (QED) is 0.862. The number of thiocarbonyl (C=S) groups is 1. The van der Waals surface area contributed by atoms with Gasteiger partial charge in [-0.2, -0.15) is 0 Å². The molecule has 1 saturated carbocycles. The van der Waals surface area contributed by atoms with Gasteiger partial charge in [0.1, 0.15) is 0 Å². The van der Waals surface area contributed by atoms with E-state index < -0.39 is 5.41 Å². The van der Waals surface area contributed by atoms with E-state index in [0.717, 1.165) is 37.7 Å². The summed E-state index contributed by atoms with van der Waals surface area (Å²) in [5, 5.41) is 0.671. The molecule has 0 aromatic heterocycles. The van der Waals surface area contributed by atoms with E-state index >= 15 is 0 Å². The summed E-state index contributed by atoms with van der Waals surface area (Å²) in [6, 6.07) is 7.56. The van der Waals surface area contributed by atoms with Crippen LogP contribution in [-0.4, -0.2) is 22.8 Å². The minimum atomic E-state index is -0.663. The Morgan fingerprint density at radius 3 is 2.52 bits per heavy atom. The number of carbonyl (C=O) groups is 1. The molecule has 21 heavy (non-hydrogen) atoms. The molecule has 5 heteroatoms. The molecule has 114 valence electrons. The standard InChI is InChI=1S/C16H21ClN2OS/c1-19(11-12-7-3-4-8-13(12)17)15(20)16(14(18)21)9-5-2-6-10-16/h3-4,7-8H,2,5-6,9-11H2,1H3,(H2,18,21). The number of halogens is 1. The van der Waals surface area contributed by atoms with Crippen molar-refractivity contribution in [3.8, 4) is 0 Å². The van der Waals surface area contributed by atoms with Crippen molar-refractivity contribution < 1.29 is 4.79 Å². The Morgan fingerprint density at radius 2 is 1.95 bits per heavy atom. The first kappa shape index (κ1) is 16.2. The van der Waals surface area contributed by atoms with E-state index in [1.54, 1.807) is 11.9 Å². The number of nitrogens with two attached hydrogens (primary N) is 1. The normalized spacial score (nSPS) is 17.2. The van der Waals surface area contributed by atoms with Crippen LogP contribution in [0.5, 0.6) is 0 Å². The number of amides is 1. The van der Waals surface area contributed by atoms with Crippen LogP contribution in [0, 0.1) is 5.41 Å². The minimum Gasteiger partial charge on any atom is -0.392 e. The van der Waals surface area contributed by atoms with Gasteiger partial charge in [-0.05, 0) is 24.5 Å². The molecule has 0 aliphatic heterocycles. The molecular weight excluding hydrogens is 304 g/mol. The summed E-state index contributed by atoms with van der Waals surface area (Å²) in [5.41, 5.74) is 6.19. The lowest BCUT2D eigenvalue weighted by atomic mass is 9.73. The van der Waals surface area contributed by atoms with Gasteiger partial charge in [0, 0.05) is 18.6 Å². The predicted octanol–water partition coefficient (Wildman–Crippen LogP) is 3.54. The molecule has 0 saturated heterocycles. The molecule has 1 aliphatic rings. The van der Waals surface area contributed by atoms with E-state index in [9.17, 15) is 4.79 Å². The molecule has 0 spiro atoms. The Balaban J connectivity index is 2.17. The van der Waals surface area contributed by atoms with Gasteiger partial charge in [0.05, 0.1) is 10.4 Å². The topological polar surface area (TPSA) is 46.3 Å². The molecule has 0 radical (unpaired) electrons. The van der Waals surface area contributed by atoms with E-state index in [-0.39, 0.29) is 5.91 Å². The van der Waals surface area contributed by atoms with Gasteiger partial charge in [-0.3, -0.25) is 4.79 Å². The molecule has 3 nitrogen and oxygen atoms in total. The van der Waals surface area contributed by atoms with Gasteiger partial charge in [-0.1, -0.05) is 61.3 Å². The number of hydrogen-bond donors (Lipinski definition) is 1. The summed E-state index contributed by atoms with van der Waals surface area (Å²) < 4.78 is 0. The van der Waals surface area contributed by atoms with Crippen LogP contribution < -0.4 is 5.73 Å². The molecule has 0 heterocycles. The van der Waals surface area contributed by atoms with E-state index in [1.165, 1.54) is 0 Å². The average Bonchev–Trinajstić information content (AvgIpc) is 2.49. The number of rotatable bonds is 4. The maximum absolute atomic E-state index is 12.9. The van der Waals surface area contributed by atoms with Crippen molar-refractivity contribution in [1.29, 1.82) is 0 Å².